The number of nitrogens with zero attached hydrogens (tertiary/aromatic N) is 3. The molecule has 0 atom stereocenters. The summed E-state index contributed by atoms with van der Waals surface area (Å²) < 4.78 is 5.12. The number of rotatable bonds is 4. The van der Waals surface area contributed by atoms with Crippen molar-refractivity contribution in [3.05, 3.63) is 40.0 Å². The largest absolute Gasteiger partial charge is 0.504 e. The molecule has 0 saturated heterocycles. The molecule has 2 heterocycles. The van der Waals surface area contributed by atoms with Crippen LogP contribution in [0.5, 0.6) is 11.5 Å². The molecule has 134 valence electrons. The number of phenolic OH excluding ortho intramolecular Hbond substituents is 1. The summed E-state index contributed by atoms with van der Waals surface area (Å²) in [5, 5.41) is 15.1. The zero-order valence-corrected chi connectivity index (χ0v) is 15.6. The number of hydrogen-bond acceptors (Lipinski definition) is 7. The number of benzene rings is 1. The molecule has 0 saturated carbocycles. The lowest BCUT2D eigenvalue weighted by atomic mass is 9.97. The van der Waals surface area contributed by atoms with Gasteiger partial charge in [0, 0.05) is 4.88 Å². The first-order valence-corrected chi connectivity index (χ1v) is 9.42. The van der Waals surface area contributed by atoms with Crippen LogP contribution in [0.2, 0.25) is 0 Å². The second kappa shape index (κ2) is 6.92. The number of aromatic hydroxyl groups is 1. The summed E-state index contributed by atoms with van der Waals surface area (Å²) in [7, 11) is 1.52. The van der Waals surface area contributed by atoms with Crippen LogP contribution in [0.1, 0.15) is 34.7 Å². The molecule has 2 aromatic heterocycles. The number of hydrogen-bond donors (Lipinski definition) is 2. The van der Waals surface area contributed by atoms with E-state index in [1.54, 1.807) is 35.8 Å². The number of methoxy groups -OCH3 is 1. The van der Waals surface area contributed by atoms with Crippen molar-refractivity contribution in [2.45, 2.75) is 32.6 Å². The number of aryl methyl sites for hydroxylation is 3. The van der Waals surface area contributed by atoms with Crippen LogP contribution < -0.4 is 10.2 Å². The van der Waals surface area contributed by atoms with Gasteiger partial charge in [0.1, 0.15) is 10.7 Å². The number of anilines is 1. The molecule has 4 rings (SSSR count). The van der Waals surface area contributed by atoms with Crippen molar-refractivity contribution in [1.82, 2.24) is 9.97 Å². The van der Waals surface area contributed by atoms with E-state index in [1.165, 1.54) is 30.4 Å². The fourth-order valence-electron chi connectivity index (χ4n) is 3.29. The van der Waals surface area contributed by atoms with Crippen molar-refractivity contribution in [1.29, 1.82) is 0 Å². The van der Waals surface area contributed by atoms with E-state index in [1.807, 2.05) is 6.92 Å². The van der Waals surface area contributed by atoms with E-state index < -0.39 is 0 Å². The van der Waals surface area contributed by atoms with Gasteiger partial charge in [0.25, 0.3) is 0 Å². The molecule has 1 aromatic carbocycles. The Bertz CT molecular complexity index is 997. The van der Waals surface area contributed by atoms with Gasteiger partial charge < -0.3 is 9.84 Å². The van der Waals surface area contributed by atoms with Crippen molar-refractivity contribution in [3.8, 4) is 11.5 Å². The molecule has 2 N–H and O–H groups in total. The van der Waals surface area contributed by atoms with Gasteiger partial charge in [-0.15, -0.1) is 11.3 Å². The molecule has 26 heavy (non-hydrogen) atoms. The minimum absolute atomic E-state index is 0.107. The Kier molecular flexibility index (Phi) is 4.46. The highest BCUT2D eigenvalue weighted by atomic mass is 32.1. The maximum absolute atomic E-state index is 9.68. The average molecular weight is 368 g/mol. The highest BCUT2D eigenvalue weighted by molar-refractivity contribution is 7.19. The summed E-state index contributed by atoms with van der Waals surface area (Å²) in [6.07, 6.45) is 6.35. The Balaban J connectivity index is 1.66. The number of thiophene rings is 1. The van der Waals surface area contributed by atoms with Gasteiger partial charge in [-0.1, -0.05) is 0 Å². The van der Waals surface area contributed by atoms with Crippen molar-refractivity contribution in [2.75, 3.05) is 12.5 Å². The summed E-state index contributed by atoms with van der Waals surface area (Å²) >= 11 is 1.78. The molecule has 0 bridgehead atoms. The third-order valence-corrected chi connectivity index (χ3v) is 5.70. The Hall–Kier alpha value is -2.67. The fourth-order valence-corrected chi connectivity index (χ4v) is 4.59. The standard InChI is InChI=1S/C19H20N4O2S/c1-11-21-18(17-13-5-3-4-6-16(13)26-19(17)22-11)23-20-10-12-7-8-14(24)15(9-12)25-2/h7-10,24H,3-6H2,1-2H3,(H,21,22,23)/b20-10+. The summed E-state index contributed by atoms with van der Waals surface area (Å²) in [6, 6.07) is 5.09. The molecule has 0 fully saturated rings. The highest BCUT2D eigenvalue weighted by Crippen LogP contribution is 2.38. The van der Waals surface area contributed by atoms with Crippen LogP contribution in [0.15, 0.2) is 23.3 Å². The molecule has 6 nitrogen and oxygen atoms in total. The Morgan fingerprint density at radius 2 is 2.12 bits per heavy atom. The second-order valence-corrected chi connectivity index (χ2v) is 7.40. The third kappa shape index (κ3) is 3.10. The van der Waals surface area contributed by atoms with Crippen LogP contribution in [-0.4, -0.2) is 28.4 Å². The van der Waals surface area contributed by atoms with Gasteiger partial charge in [-0.2, -0.15) is 5.10 Å². The number of ether oxygens (including phenoxy) is 1. The molecule has 0 radical (unpaired) electrons. The van der Waals surface area contributed by atoms with E-state index in [-0.39, 0.29) is 5.75 Å². The van der Waals surface area contributed by atoms with Crippen molar-refractivity contribution < 1.29 is 9.84 Å². The topological polar surface area (TPSA) is 79.6 Å². The monoisotopic (exact) mass is 368 g/mol. The lowest BCUT2D eigenvalue weighted by Crippen LogP contribution is -2.02. The van der Waals surface area contributed by atoms with E-state index in [4.69, 9.17) is 4.74 Å². The molecular formula is C19H20N4O2S. The quantitative estimate of drug-likeness (QED) is 0.537. The van der Waals surface area contributed by atoms with Crippen molar-refractivity contribution in [3.63, 3.8) is 0 Å². The molecule has 1 aliphatic carbocycles. The molecule has 7 heteroatoms. The van der Waals surface area contributed by atoms with Gasteiger partial charge >= 0.3 is 0 Å². The van der Waals surface area contributed by atoms with E-state index in [9.17, 15) is 5.11 Å². The predicted molar refractivity (Wildman–Crippen MR) is 105 cm³/mol. The third-order valence-electron chi connectivity index (χ3n) is 4.51. The molecule has 0 spiro atoms. The summed E-state index contributed by atoms with van der Waals surface area (Å²) in [5.41, 5.74) is 5.28. The van der Waals surface area contributed by atoms with Crippen molar-refractivity contribution in [2.24, 2.45) is 5.10 Å². The van der Waals surface area contributed by atoms with Crippen LogP contribution in [0.3, 0.4) is 0 Å². The Morgan fingerprint density at radius 3 is 2.96 bits per heavy atom. The van der Waals surface area contributed by atoms with Gasteiger partial charge in [-0.3, -0.25) is 5.43 Å². The smallest absolute Gasteiger partial charge is 0.161 e. The number of fused-ring (bicyclic) bond motifs is 3. The first-order valence-electron chi connectivity index (χ1n) is 8.60. The van der Waals surface area contributed by atoms with E-state index in [0.29, 0.717) is 5.75 Å². The van der Waals surface area contributed by atoms with E-state index >= 15 is 0 Å². The Labute approximate surface area is 155 Å². The summed E-state index contributed by atoms with van der Waals surface area (Å²) in [4.78, 5) is 11.6. The molecule has 0 aliphatic heterocycles. The normalized spacial score (nSPS) is 13.9. The number of phenols is 1. The molecule has 0 unspecified atom stereocenters. The SMILES string of the molecule is COc1cc(/C=N/Nc2nc(C)nc3sc4c(c23)CCCC4)ccc1O. The maximum Gasteiger partial charge on any atom is 0.161 e. The zero-order chi connectivity index (χ0) is 18.1. The van der Waals surface area contributed by atoms with Crippen LogP contribution in [0.25, 0.3) is 10.2 Å². The lowest BCUT2D eigenvalue weighted by Gasteiger charge is -2.11. The lowest BCUT2D eigenvalue weighted by molar-refractivity contribution is 0.373. The van der Waals surface area contributed by atoms with Crippen LogP contribution in [0, 0.1) is 6.92 Å². The minimum Gasteiger partial charge on any atom is -0.504 e. The van der Waals surface area contributed by atoms with Crippen LogP contribution in [-0.2, 0) is 12.8 Å². The van der Waals surface area contributed by atoms with Crippen molar-refractivity contribution >= 4 is 33.6 Å². The van der Waals surface area contributed by atoms with Crippen LogP contribution >= 0.6 is 11.3 Å². The van der Waals surface area contributed by atoms with Gasteiger partial charge in [0.15, 0.2) is 17.3 Å². The molecule has 3 aromatic rings. The summed E-state index contributed by atoms with van der Waals surface area (Å²) in [6.45, 7) is 1.90. The van der Waals surface area contributed by atoms with Gasteiger partial charge in [0.05, 0.1) is 18.7 Å². The molecule has 1 aliphatic rings. The van der Waals surface area contributed by atoms with E-state index in [2.05, 4.69) is 20.5 Å². The first kappa shape index (κ1) is 16.8. The number of nitrogens with one attached hydrogen (secondary N) is 1. The molecular weight excluding hydrogens is 348 g/mol. The minimum atomic E-state index is 0.107. The first-order chi connectivity index (χ1) is 12.7. The zero-order valence-electron chi connectivity index (χ0n) is 14.7. The van der Waals surface area contributed by atoms with Gasteiger partial charge in [-0.25, -0.2) is 9.97 Å². The Morgan fingerprint density at radius 1 is 1.27 bits per heavy atom. The van der Waals surface area contributed by atoms with Gasteiger partial charge in [-0.05, 0) is 61.9 Å². The number of aromatic nitrogens is 2. The molecule has 0 amide bonds. The summed E-state index contributed by atoms with van der Waals surface area (Å²) in [5.74, 6) is 2.02. The van der Waals surface area contributed by atoms with Crippen LogP contribution in [0.4, 0.5) is 5.82 Å². The maximum atomic E-state index is 9.68. The number of hydrazone groups is 1. The predicted octanol–water partition coefficient (Wildman–Crippen LogP) is 4.04. The second-order valence-electron chi connectivity index (χ2n) is 6.31. The average Bonchev–Trinajstić information content (AvgIpc) is 3.01. The van der Waals surface area contributed by atoms with Gasteiger partial charge in [0.2, 0.25) is 0 Å². The van der Waals surface area contributed by atoms with E-state index in [0.717, 1.165) is 40.3 Å². The highest BCUT2D eigenvalue weighted by Gasteiger charge is 2.20. The fraction of sp³-hybridized carbons (Fsp3) is 0.316.